The molecular weight excluding hydrogens is 348 g/mol. The average Bonchev–Trinajstić information content (AvgIpc) is 3.05. The Balaban J connectivity index is 1.72. The number of amides is 2. The lowest BCUT2D eigenvalue weighted by Gasteiger charge is -2.15. The first-order chi connectivity index (χ1) is 12.8. The van der Waals surface area contributed by atoms with E-state index in [4.69, 9.17) is 9.84 Å². The number of aliphatic carboxylic acids is 1. The number of nitrogens with one attached hydrogen (secondary N) is 1. The number of carbonyl (C=O) groups is 3. The van der Waals surface area contributed by atoms with E-state index in [1.165, 1.54) is 6.92 Å². The molecule has 2 aromatic rings. The van der Waals surface area contributed by atoms with Crippen LogP contribution >= 0.6 is 0 Å². The molecule has 1 aliphatic rings. The molecule has 0 atom stereocenters. The van der Waals surface area contributed by atoms with Crippen LogP contribution in [0.1, 0.15) is 28.4 Å². The molecule has 3 rings (SSSR count). The number of hydrogen-bond acceptors (Lipinski definition) is 4. The number of carbonyl (C=O) groups excluding carboxylic acids is 2. The third-order valence-corrected chi connectivity index (χ3v) is 4.43. The van der Waals surface area contributed by atoms with Crippen molar-refractivity contribution >= 4 is 29.2 Å². The van der Waals surface area contributed by atoms with Gasteiger partial charge in [-0.3, -0.25) is 9.59 Å². The van der Waals surface area contributed by atoms with E-state index in [1.54, 1.807) is 42.2 Å². The lowest BCUT2D eigenvalue weighted by atomic mass is 10.1. The third-order valence-electron chi connectivity index (χ3n) is 4.43. The Bertz CT molecular complexity index is 923. The number of benzene rings is 2. The number of ether oxygens (including phenoxy) is 1. The highest BCUT2D eigenvalue weighted by molar-refractivity contribution is 6.05. The molecule has 0 saturated heterocycles. The van der Waals surface area contributed by atoms with Gasteiger partial charge in [-0.25, -0.2) is 4.79 Å². The second kappa shape index (κ2) is 7.49. The minimum atomic E-state index is -1.05. The summed E-state index contributed by atoms with van der Waals surface area (Å²) in [5.41, 5.74) is 3.73. The molecule has 140 valence electrons. The predicted molar refractivity (Wildman–Crippen MR) is 100 cm³/mol. The highest BCUT2D eigenvalue weighted by Gasteiger charge is 2.23. The van der Waals surface area contributed by atoms with Crippen molar-refractivity contribution in [2.45, 2.75) is 20.3 Å². The standard InChI is InChI=1S/C20H20N2O5/c1-12-9-16(27-11-19(24)25)4-5-17(12)21-20(26)15-3-6-18-14(10-15)7-8-22(18)13(2)23/h3-6,9-10H,7-8,11H2,1-2H3,(H,21,26)(H,24,25). The highest BCUT2D eigenvalue weighted by atomic mass is 16.5. The molecule has 0 saturated carbocycles. The Kier molecular flexibility index (Phi) is 5.12. The summed E-state index contributed by atoms with van der Waals surface area (Å²) in [6.45, 7) is 3.54. The summed E-state index contributed by atoms with van der Waals surface area (Å²) in [4.78, 5) is 36.5. The fraction of sp³-hybridized carbons (Fsp3) is 0.250. The van der Waals surface area contributed by atoms with Gasteiger partial charge >= 0.3 is 5.97 Å². The van der Waals surface area contributed by atoms with Crippen LogP contribution in [-0.4, -0.2) is 36.0 Å². The smallest absolute Gasteiger partial charge is 0.341 e. The Morgan fingerprint density at radius 1 is 1.19 bits per heavy atom. The Morgan fingerprint density at radius 2 is 1.96 bits per heavy atom. The Morgan fingerprint density at radius 3 is 2.63 bits per heavy atom. The van der Waals surface area contributed by atoms with Crippen molar-refractivity contribution in [3.63, 3.8) is 0 Å². The maximum Gasteiger partial charge on any atom is 0.341 e. The van der Waals surface area contributed by atoms with Gasteiger partial charge in [-0.2, -0.15) is 0 Å². The van der Waals surface area contributed by atoms with Crippen molar-refractivity contribution in [2.24, 2.45) is 0 Å². The average molecular weight is 368 g/mol. The minimum absolute atomic E-state index is 0.00761. The molecule has 1 aliphatic heterocycles. The van der Waals surface area contributed by atoms with E-state index in [0.29, 0.717) is 23.5 Å². The van der Waals surface area contributed by atoms with Gasteiger partial charge in [0.2, 0.25) is 5.91 Å². The topological polar surface area (TPSA) is 95.9 Å². The summed E-state index contributed by atoms with van der Waals surface area (Å²) >= 11 is 0. The second-order valence-corrected chi connectivity index (χ2v) is 6.38. The van der Waals surface area contributed by atoms with Crippen molar-refractivity contribution in [1.82, 2.24) is 0 Å². The number of aryl methyl sites for hydroxylation is 1. The first-order valence-corrected chi connectivity index (χ1v) is 8.53. The lowest BCUT2D eigenvalue weighted by Crippen LogP contribution is -2.25. The molecule has 2 aromatic carbocycles. The number of fused-ring (bicyclic) bond motifs is 1. The summed E-state index contributed by atoms with van der Waals surface area (Å²) < 4.78 is 5.13. The zero-order valence-corrected chi connectivity index (χ0v) is 15.1. The van der Waals surface area contributed by atoms with Gasteiger partial charge < -0.3 is 20.1 Å². The van der Waals surface area contributed by atoms with Gasteiger partial charge in [0, 0.05) is 30.4 Å². The maximum absolute atomic E-state index is 12.6. The van der Waals surface area contributed by atoms with E-state index in [1.807, 2.05) is 6.07 Å². The van der Waals surface area contributed by atoms with Crippen LogP contribution in [-0.2, 0) is 16.0 Å². The van der Waals surface area contributed by atoms with Crippen LogP contribution in [0.25, 0.3) is 0 Å². The van der Waals surface area contributed by atoms with E-state index in [9.17, 15) is 14.4 Å². The van der Waals surface area contributed by atoms with Gasteiger partial charge in [0.15, 0.2) is 6.61 Å². The number of hydrogen-bond donors (Lipinski definition) is 2. The van der Waals surface area contributed by atoms with Crippen LogP contribution in [0.15, 0.2) is 36.4 Å². The van der Waals surface area contributed by atoms with E-state index in [2.05, 4.69) is 5.32 Å². The van der Waals surface area contributed by atoms with Crippen molar-refractivity contribution in [1.29, 1.82) is 0 Å². The van der Waals surface area contributed by atoms with Gasteiger partial charge in [-0.15, -0.1) is 0 Å². The fourth-order valence-corrected chi connectivity index (χ4v) is 3.08. The van der Waals surface area contributed by atoms with E-state index >= 15 is 0 Å². The van der Waals surface area contributed by atoms with E-state index < -0.39 is 12.6 Å². The number of nitrogens with zero attached hydrogens (tertiary/aromatic N) is 1. The first-order valence-electron chi connectivity index (χ1n) is 8.53. The molecule has 2 amide bonds. The number of anilines is 2. The van der Waals surface area contributed by atoms with Crippen LogP contribution in [0.5, 0.6) is 5.75 Å². The second-order valence-electron chi connectivity index (χ2n) is 6.38. The summed E-state index contributed by atoms with van der Waals surface area (Å²) in [6, 6.07) is 10.3. The number of rotatable bonds is 5. The van der Waals surface area contributed by atoms with Crippen LogP contribution < -0.4 is 15.0 Å². The Hall–Kier alpha value is -3.35. The van der Waals surface area contributed by atoms with Gasteiger partial charge in [0.1, 0.15) is 5.75 Å². The lowest BCUT2D eigenvalue weighted by molar-refractivity contribution is -0.139. The SMILES string of the molecule is CC(=O)N1CCc2cc(C(=O)Nc3ccc(OCC(=O)O)cc3C)ccc21. The number of carboxylic acids is 1. The van der Waals surface area contributed by atoms with Crippen molar-refractivity contribution in [3.05, 3.63) is 53.1 Å². The van der Waals surface area contributed by atoms with Crippen LogP contribution in [0.3, 0.4) is 0 Å². The van der Waals surface area contributed by atoms with Crippen molar-refractivity contribution in [2.75, 3.05) is 23.4 Å². The molecule has 0 bridgehead atoms. The molecule has 2 N–H and O–H groups in total. The van der Waals surface area contributed by atoms with Gasteiger partial charge in [-0.1, -0.05) is 0 Å². The molecule has 0 radical (unpaired) electrons. The number of carboxylic acid groups (broad SMARTS) is 1. The first kappa shape index (κ1) is 18.4. The molecule has 0 unspecified atom stereocenters. The molecule has 27 heavy (non-hydrogen) atoms. The van der Waals surface area contributed by atoms with E-state index in [0.717, 1.165) is 23.2 Å². The maximum atomic E-state index is 12.6. The fourth-order valence-electron chi connectivity index (χ4n) is 3.08. The van der Waals surface area contributed by atoms with Gasteiger partial charge in [-0.05, 0) is 60.9 Å². The molecule has 0 aromatic heterocycles. The normalized spacial score (nSPS) is 12.4. The summed E-state index contributed by atoms with van der Waals surface area (Å²) in [7, 11) is 0. The molecule has 0 spiro atoms. The minimum Gasteiger partial charge on any atom is -0.482 e. The molecule has 0 fully saturated rings. The summed E-state index contributed by atoms with van der Waals surface area (Å²) in [6.07, 6.45) is 0.727. The monoisotopic (exact) mass is 368 g/mol. The Labute approximate surface area is 156 Å². The van der Waals surface area contributed by atoms with Crippen LogP contribution in [0.4, 0.5) is 11.4 Å². The van der Waals surface area contributed by atoms with Gasteiger partial charge in [0.05, 0.1) is 0 Å². The molecule has 1 heterocycles. The van der Waals surface area contributed by atoms with Gasteiger partial charge in [0.25, 0.3) is 5.91 Å². The predicted octanol–water partition coefficient (Wildman–Crippen LogP) is 2.62. The molecule has 7 nitrogen and oxygen atoms in total. The van der Waals surface area contributed by atoms with Crippen molar-refractivity contribution in [3.8, 4) is 5.75 Å². The van der Waals surface area contributed by atoms with E-state index in [-0.39, 0.29) is 11.8 Å². The highest BCUT2D eigenvalue weighted by Crippen LogP contribution is 2.29. The van der Waals surface area contributed by atoms with Crippen LogP contribution in [0, 0.1) is 6.92 Å². The molecule has 0 aliphatic carbocycles. The van der Waals surface area contributed by atoms with Crippen molar-refractivity contribution < 1.29 is 24.2 Å². The van der Waals surface area contributed by atoms with Crippen LogP contribution in [0.2, 0.25) is 0 Å². The third kappa shape index (κ3) is 4.08. The molecular formula is C20H20N2O5. The summed E-state index contributed by atoms with van der Waals surface area (Å²) in [5, 5.41) is 11.5. The summed E-state index contributed by atoms with van der Waals surface area (Å²) in [5.74, 6) is -0.882. The largest absolute Gasteiger partial charge is 0.482 e. The quantitative estimate of drug-likeness (QED) is 0.846. The zero-order valence-electron chi connectivity index (χ0n) is 15.1. The molecule has 7 heteroatoms. The zero-order chi connectivity index (χ0) is 19.6.